The minimum Gasteiger partial charge on any atom is -0.378 e. The van der Waals surface area contributed by atoms with Gasteiger partial charge in [0.25, 0.3) is 5.89 Å². The molecule has 1 saturated carbocycles. The van der Waals surface area contributed by atoms with Crippen LogP contribution in [0, 0.1) is 0 Å². The molecule has 0 aliphatic heterocycles. The van der Waals surface area contributed by atoms with Crippen LogP contribution < -0.4 is 0 Å². The predicted octanol–water partition coefficient (Wildman–Crippen LogP) is 3.89. The first-order valence-electron chi connectivity index (χ1n) is 10.6. The van der Waals surface area contributed by atoms with Gasteiger partial charge in [-0.15, -0.1) is 0 Å². The van der Waals surface area contributed by atoms with E-state index in [1.54, 1.807) is 18.1 Å². The molecule has 4 aromatic rings. The Morgan fingerprint density at radius 1 is 1.10 bits per heavy atom. The van der Waals surface area contributed by atoms with Crippen molar-refractivity contribution >= 4 is 0 Å². The van der Waals surface area contributed by atoms with Gasteiger partial charge in [-0.25, -0.2) is 9.67 Å². The highest BCUT2D eigenvalue weighted by molar-refractivity contribution is 5.61. The Hall–Kier alpha value is -3.33. The summed E-state index contributed by atoms with van der Waals surface area (Å²) in [4.78, 5) is 8.61. The molecule has 0 amide bonds. The van der Waals surface area contributed by atoms with Crippen LogP contribution in [-0.2, 0) is 17.9 Å². The third kappa shape index (κ3) is 4.13. The zero-order valence-electron chi connectivity index (χ0n) is 17.5. The summed E-state index contributed by atoms with van der Waals surface area (Å²) < 4.78 is 15.0. The van der Waals surface area contributed by atoms with Crippen molar-refractivity contribution in [2.75, 3.05) is 7.11 Å². The first-order valence-corrected chi connectivity index (χ1v) is 10.6. The van der Waals surface area contributed by atoms with Gasteiger partial charge in [-0.3, -0.25) is 4.68 Å². The molecule has 1 aliphatic rings. The minimum atomic E-state index is 0.410. The van der Waals surface area contributed by atoms with E-state index in [9.17, 15) is 0 Å². The quantitative estimate of drug-likeness (QED) is 0.448. The van der Waals surface area contributed by atoms with Crippen LogP contribution >= 0.6 is 0 Å². The molecule has 0 N–H and O–H groups in total. The lowest BCUT2D eigenvalue weighted by Gasteiger charge is -2.24. The van der Waals surface area contributed by atoms with Crippen LogP contribution in [0.15, 0.2) is 47.6 Å². The Bertz CT molecular complexity index is 1110. The number of nitrogens with zero attached hydrogens (tertiary/aromatic N) is 7. The SMILES string of the molecule is COCc1c(-c2nc(-c3ccc(Cn4cncn4)cc3)no2)cnn1C1CCCCC1. The van der Waals surface area contributed by atoms with Crippen LogP contribution in [0.3, 0.4) is 0 Å². The number of benzene rings is 1. The third-order valence-corrected chi connectivity index (χ3v) is 5.78. The van der Waals surface area contributed by atoms with Crippen LogP contribution in [-0.4, -0.2) is 41.8 Å². The van der Waals surface area contributed by atoms with Crippen molar-refractivity contribution < 1.29 is 9.26 Å². The molecule has 1 aliphatic carbocycles. The molecular formula is C22H25N7O2. The Morgan fingerprint density at radius 3 is 2.68 bits per heavy atom. The standard InChI is InChI=1S/C22H25N7O2/c1-30-13-20-19(11-24-29(20)18-5-3-2-4-6-18)22-26-21(27-31-22)17-9-7-16(8-10-17)12-28-15-23-14-25-28/h7-11,14-15,18H,2-6,12-13H2,1H3. The van der Waals surface area contributed by atoms with Gasteiger partial charge in [0.1, 0.15) is 12.7 Å². The van der Waals surface area contributed by atoms with E-state index in [0.29, 0.717) is 30.9 Å². The van der Waals surface area contributed by atoms with E-state index in [1.807, 2.05) is 30.5 Å². The Kier molecular flexibility index (Phi) is 5.57. The molecule has 0 saturated heterocycles. The normalized spacial score (nSPS) is 14.9. The van der Waals surface area contributed by atoms with Crippen molar-refractivity contribution in [3.8, 4) is 22.8 Å². The van der Waals surface area contributed by atoms with Gasteiger partial charge in [0.15, 0.2) is 0 Å². The maximum atomic E-state index is 5.62. The fourth-order valence-corrected chi connectivity index (χ4v) is 4.20. The van der Waals surface area contributed by atoms with Gasteiger partial charge in [-0.1, -0.05) is 48.7 Å². The molecule has 0 bridgehead atoms. The molecule has 0 radical (unpaired) electrons. The molecular weight excluding hydrogens is 394 g/mol. The average molecular weight is 419 g/mol. The van der Waals surface area contributed by atoms with E-state index >= 15 is 0 Å². The second kappa shape index (κ2) is 8.81. The highest BCUT2D eigenvalue weighted by atomic mass is 16.5. The molecule has 3 heterocycles. The summed E-state index contributed by atoms with van der Waals surface area (Å²) in [5.41, 5.74) is 3.85. The molecule has 3 aromatic heterocycles. The van der Waals surface area contributed by atoms with E-state index in [4.69, 9.17) is 9.26 Å². The van der Waals surface area contributed by atoms with Crippen molar-refractivity contribution in [3.63, 3.8) is 0 Å². The number of hydrogen-bond acceptors (Lipinski definition) is 7. The monoisotopic (exact) mass is 419 g/mol. The van der Waals surface area contributed by atoms with Crippen LogP contribution in [0.5, 0.6) is 0 Å². The topological polar surface area (TPSA) is 96.7 Å². The lowest BCUT2D eigenvalue weighted by Crippen LogP contribution is -2.17. The van der Waals surface area contributed by atoms with Crippen LogP contribution in [0.2, 0.25) is 0 Å². The molecule has 31 heavy (non-hydrogen) atoms. The van der Waals surface area contributed by atoms with Crippen molar-refractivity contribution in [1.29, 1.82) is 0 Å². The Morgan fingerprint density at radius 2 is 1.94 bits per heavy atom. The third-order valence-electron chi connectivity index (χ3n) is 5.78. The fraction of sp³-hybridized carbons (Fsp3) is 0.409. The van der Waals surface area contributed by atoms with Crippen LogP contribution in [0.1, 0.15) is 49.4 Å². The molecule has 160 valence electrons. The zero-order chi connectivity index (χ0) is 21.0. The maximum Gasteiger partial charge on any atom is 0.261 e. The summed E-state index contributed by atoms with van der Waals surface area (Å²) in [5, 5.41) is 13.0. The number of ether oxygens (including phenoxy) is 1. The van der Waals surface area contributed by atoms with Gasteiger partial charge in [-0.05, 0) is 18.4 Å². The highest BCUT2D eigenvalue weighted by Crippen LogP contribution is 2.33. The first kappa shape index (κ1) is 19.6. The average Bonchev–Trinajstić information content (AvgIpc) is 3.56. The largest absolute Gasteiger partial charge is 0.378 e. The van der Waals surface area contributed by atoms with Crippen molar-refractivity contribution in [3.05, 3.63) is 54.4 Å². The van der Waals surface area contributed by atoms with Crippen molar-refractivity contribution in [2.24, 2.45) is 0 Å². The Labute approximate surface area is 180 Å². The molecule has 0 spiro atoms. The lowest BCUT2D eigenvalue weighted by atomic mass is 9.95. The molecule has 9 heteroatoms. The van der Waals surface area contributed by atoms with E-state index in [2.05, 4.69) is 30.0 Å². The summed E-state index contributed by atoms with van der Waals surface area (Å²) in [5.74, 6) is 1.02. The van der Waals surface area contributed by atoms with Crippen LogP contribution in [0.25, 0.3) is 22.8 Å². The van der Waals surface area contributed by atoms with Gasteiger partial charge in [-0.2, -0.15) is 15.2 Å². The van der Waals surface area contributed by atoms with E-state index < -0.39 is 0 Å². The Balaban J connectivity index is 1.38. The molecule has 9 nitrogen and oxygen atoms in total. The van der Waals surface area contributed by atoms with Gasteiger partial charge in [0, 0.05) is 12.7 Å². The molecule has 0 unspecified atom stereocenters. The minimum absolute atomic E-state index is 0.410. The first-order chi connectivity index (χ1) is 15.3. The van der Waals surface area contributed by atoms with Gasteiger partial charge in [0.2, 0.25) is 5.82 Å². The van der Waals surface area contributed by atoms with Gasteiger partial charge in [0.05, 0.1) is 36.6 Å². The lowest BCUT2D eigenvalue weighted by molar-refractivity contribution is 0.171. The number of hydrogen-bond donors (Lipinski definition) is 0. The van der Waals surface area contributed by atoms with E-state index in [1.165, 1.54) is 25.6 Å². The number of rotatable bonds is 7. The second-order valence-corrected chi connectivity index (χ2v) is 7.89. The van der Waals surface area contributed by atoms with Crippen LogP contribution in [0.4, 0.5) is 0 Å². The van der Waals surface area contributed by atoms with Crippen molar-refractivity contribution in [1.82, 2.24) is 34.7 Å². The van der Waals surface area contributed by atoms with Gasteiger partial charge >= 0.3 is 0 Å². The summed E-state index contributed by atoms with van der Waals surface area (Å²) >= 11 is 0. The summed E-state index contributed by atoms with van der Waals surface area (Å²) in [6.07, 6.45) is 11.1. The highest BCUT2D eigenvalue weighted by Gasteiger charge is 2.24. The molecule has 0 atom stereocenters. The number of methoxy groups -OCH3 is 1. The molecule has 1 aromatic carbocycles. The smallest absolute Gasteiger partial charge is 0.261 e. The molecule has 1 fully saturated rings. The zero-order valence-corrected chi connectivity index (χ0v) is 17.5. The van der Waals surface area contributed by atoms with Gasteiger partial charge < -0.3 is 9.26 Å². The second-order valence-electron chi connectivity index (χ2n) is 7.89. The predicted molar refractivity (Wildman–Crippen MR) is 113 cm³/mol. The van der Waals surface area contributed by atoms with E-state index in [-0.39, 0.29) is 0 Å². The molecule has 5 rings (SSSR count). The summed E-state index contributed by atoms with van der Waals surface area (Å²) in [6, 6.07) is 8.45. The fourth-order valence-electron chi connectivity index (χ4n) is 4.20. The summed E-state index contributed by atoms with van der Waals surface area (Å²) in [6.45, 7) is 1.12. The summed E-state index contributed by atoms with van der Waals surface area (Å²) in [7, 11) is 1.70. The van der Waals surface area contributed by atoms with E-state index in [0.717, 1.165) is 35.2 Å². The van der Waals surface area contributed by atoms with Crippen molar-refractivity contribution in [2.45, 2.75) is 51.3 Å². The maximum absolute atomic E-state index is 5.62. The number of aromatic nitrogens is 7.